The van der Waals surface area contributed by atoms with E-state index in [1.165, 1.54) is 19.1 Å². The summed E-state index contributed by atoms with van der Waals surface area (Å²) in [6.45, 7) is 14.3. The average molecular weight is 264 g/mol. The Morgan fingerprint density at radius 3 is 2.58 bits per heavy atom. The lowest BCUT2D eigenvalue weighted by molar-refractivity contribution is -0.148. The predicted molar refractivity (Wildman–Crippen MR) is 74.1 cm³/mol. The maximum atomic E-state index is 12.0. The van der Waals surface area contributed by atoms with Crippen molar-refractivity contribution in [1.29, 1.82) is 0 Å². The van der Waals surface area contributed by atoms with Gasteiger partial charge in [-0.05, 0) is 41.9 Å². The Morgan fingerprint density at radius 2 is 2.11 bits per heavy atom. The molecule has 3 heteroatoms. The van der Waals surface area contributed by atoms with Crippen molar-refractivity contribution < 1.29 is 14.3 Å². The van der Waals surface area contributed by atoms with Crippen LogP contribution in [0.1, 0.15) is 40.0 Å². The molecule has 2 aliphatic rings. The SMILES string of the molecule is C=COCOC(=O)C(=C)C1CC2CCC1(C)C2(C)C. The number of hydrogen-bond acceptors (Lipinski definition) is 3. The van der Waals surface area contributed by atoms with Gasteiger partial charge >= 0.3 is 5.97 Å². The van der Waals surface area contributed by atoms with Crippen molar-refractivity contribution in [3.05, 3.63) is 25.0 Å². The van der Waals surface area contributed by atoms with Gasteiger partial charge in [0.15, 0.2) is 0 Å². The lowest BCUT2D eigenvalue weighted by Gasteiger charge is -2.39. The van der Waals surface area contributed by atoms with E-state index in [4.69, 9.17) is 9.47 Å². The first kappa shape index (κ1) is 14.2. The Labute approximate surface area is 115 Å². The van der Waals surface area contributed by atoms with Crippen LogP contribution in [0.4, 0.5) is 0 Å². The number of fused-ring (bicyclic) bond motifs is 2. The first-order valence-electron chi connectivity index (χ1n) is 6.93. The standard InChI is InChI=1S/C16H24O3/c1-6-18-10-19-14(17)11(2)13-9-12-7-8-16(13,5)15(12,3)4/h6,12-13H,1-2,7-10H2,3-5H3. The van der Waals surface area contributed by atoms with E-state index in [0.29, 0.717) is 11.5 Å². The minimum absolute atomic E-state index is 0.0857. The molecule has 0 radical (unpaired) electrons. The van der Waals surface area contributed by atoms with E-state index in [2.05, 4.69) is 33.9 Å². The first-order valence-corrected chi connectivity index (χ1v) is 6.93. The summed E-state index contributed by atoms with van der Waals surface area (Å²) < 4.78 is 9.87. The molecular formula is C16H24O3. The highest BCUT2D eigenvalue weighted by Crippen LogP contribution is 2.69. The second-order valence-electron chi connectivity index (χ2n) is 6.57. The Balaban J connectivity index is 2.06. The summed E-state index contributed by atoms with van der Waals surface area (Å²) in [5.41, 5.74) is 1.04. The van der Waals surface area contributed by atoms with Crippen LogP contribution in [0.15, 0.2) is 25.0 Å². The maximum Gasteiger partial charge on any atom is 0.336 e. The zero-order valence-electron chi connectivity index (χ0n) is 12.2. The molecule has 2 fully saturated rings. The van der Waals surface area contributed by atoms with E-state index >= 15 is 0 Å². The summed E-state index contributed by atoms with van der Waals surface area (Å²) in [5, 5.41) is 0. The van der Waals surface area contributed by atoms with Gasteiger partial charge in [0.1, 0.15) is 0 Å². The molecule has 0 aliphatic heterocycles. The number of rotatable bonds is 5. The molecule has 0 amide bonds. The van der Waals surface area contributed by atoms with Crippen molar-refractivity contribution >= 4 is 5.97 Å². The highest BCUT2D eigenvalue weighted by atomic mass is 16.7. The normalized spacial score (nSPS) is 34.9. The minimum atomic E-state index is -0.337. The molecule has 2 saturated carbocycles. The van der Waals surface area contributed by atoms with E-state index < -0.39 is 0 Å². The smallest absolute Gasteiger partial charge is 0.336 e. The summed E-state index contributed by atoms with van der Waals surface area (Å²) in [5.74, 6) is 0.588. The van der Waals surface area contributed by atoms with Crippen molar-refractivity contribution in [2.24, 2.45) is 22.7 Å². The van der Waals surface area contributed by atoms with Gasteiger partial charge in [0, 0.05) is 5.57 Å². The minimum Gasteiger partial charge on any atom is -0.466 e. The van der Waals surface area contributed by atoms with E-state index in [1.54, 1.807) is 0 Å². The fraction of sp³-hybridized carbons (Fsp3) is 0.688. The van der Waals surface area contributed by atoms with Crippen molar-refractivity contribution in [2.75, 3.05) is 6.79 Å². The van der Waals surface area contributed by atoms with E-state index in [1.807, 2.05) is 0 Å². The molecular weight excluding hydrogens is 240 g/mol. The van der Waals surface area contributed by atoms with Crippen LogP contribution in [0.5, 0.6) is 0 Å². The number of carbonyl (C=O) groups is 1. The molecule has 0 aromatic heterocycles. The number of hydrogen-bond donors (Lipinski definition) is 0. The van der Waals surface area contributed by atoms with E-state index in [9.17, 15) is 4.79 Å². The largest absolute Gasteiger partial charge is 0.466 e. The fourth-order valence-corrected chi connectivity index (χ4v) is 4.10. The van der Waals surface area contributed by atoms with Crippen molar-refractivity contribution in [3.8, 4) is 0 Å². The van der Waals surface area contributed by atoms with Crippen molar-refractivity contribution in [1.82, 2.24) is 0 Å². The number of carbonyl (C=O) groups excluding carboxylic acids is 1. The van der Waals surface area contributed by atoms with Crippen LogP contribution in [0.3, 0.4) is 0 Å². The zero-order valence-corrected chi connectivity index (χ0v) is 12.2. The molecule has 3 nitrogen and oxygen atoms in total. The van der Waals surface area contributed by atoms with Gasteiger partial charge in [-0.2, -0.15) is 0 Å². The van der Waals surface area contributed by atoms with Crippen LogP contribution in [-0.2, 0) is 14.3 Å². The molecule has 2 rings (SSSR count). The molecule has 0 aromatic rings. The average Bonchev–Trinajstić information content (AvgIpc) is 2.70. The highest BCUT2D eigenvalue weighted by Gasteiger charge is 2.62. The second-order valence-corrected chi connectivity index (χ2v) is 6.57. The van der Waals surface area contributed by atoms with Gasteiger partial charge in [-0.1, -0.05) is 33.9 Å². The van der Waals surface area contributed by atoms with Crippen molar-refractivity contribution in [2.45, 2.75) is 40.0 Å². The molecule has 2 aliphatic carbocycles. The topological polar surface area (TPSA) is 35.5 Å². The van der Waals surface area contributed by atoms with Gasteiger partial charge in [-0.25, -0.2) is 4.79 Å². The summed E-state index contributed by atoms with van der Waals surface area (Å²) in [6.07, 6.45) is 4.75. The van der Waals surface area contributed by atoms with Gasteiger partial charge in [-0.3, -0.25) is 0 Å². The lowest BCUT2D eigenvalue weighted by Crippen LogP contribution is -2.34. The monoisotopic (exact) mass is 264 g/mol. The summed E-state index contributed by atoms with van der Waals surface area (Å²) in [7, 11) is 0. The highest BCUT2D eigenvalue weighted by molar-refractivity contribution is 5.88. The Bertz CT molecular complexity index is 410. The van der Waals surface area contributed by atoms with Crippen LogP contribution in [0.25, 0.3) is 0 Å². The van der Waals surface area contributed by atoms with Gasteiger partial charge in [0.05, 0.1) is 6.26 Å². The molecule has 0 heterocycles. The molecule has 106 valence electrons. The fourth-order valence-electron chi connectivity index (χ4n) is 4.10. The molecule has 2 bridgehead atoms. The van der Waals surface area contributed by atoms with E-state index in [0.717, 1.165) is 6.42 Å². The third-order valence-electron chi connectivity index (χ3n) is 5.85. The predicted octanol–water partition coefficient (Wildman–Crippen LogP) is 3.67. The van der Waals surface area contributed by atoms with Crippen LogP contribution in [0.2, 0.25) is 0 Å². The Morgan fingerprint density at radius 1 is 1.42 bits per heavy atom. The molecule has 0 spiro atoms. The first-order chi connectivity index (χ1) is 8.84. The van der Waals surface area contributed by atoms with Gasteiger partial charge in [-0.15, -0.1) is 0 Å². The van der Waals surface area contributed by atoms with Gasteiger partial charge in [0.25, 0.3) is 0 Å². The van der Waals surface area contributed by atoms with Crippen LogP contribution >= 0.6 is 0 Å². The molecule has 0 aromatic carbocycles. The van der Waals surface area contributed by atoms with Crippen LogP contribution in [0, 0.1) is 22.7 Å². The summed E-state index contributed by atoms with van der Waals surface area (Å²) >= 11 is 0. The van der Waals surface area contributed by atoms with E-state index in [-0.39, 0.29) is 29.5 Å². The van der Waals surface area contributed by atoms with Crippen molar-refractivity contribution in [3.63, 3.8) is 0 Å². The Kier molecular flexibility index (Phi) is 3.50. The van der Waals surface area contributed by atoms with Gasteiger partial charge in [0.2, 0.25) is 6.79 Å². The molecule has 0 N–H and O–H groups in total. The molecule has 19 heavy (non-hydrogen) atoms. The molecule has 3 unspecified atom stereocenters. The number of ether oxygens (including phenoxy) is 2. The van der Waals surface area contributed by atoms with Crippen LogP contribution < -0.4 is 0 Å². The third kappa shape index (κ3) is 1.99. The second kappa shape index (κ2) is 4.69. The van der Waals surface area contributed by atoms with Crippen LogP contribution in [-0.4, -0.2) is 12.8 Å². The molecule has 0 saturated heterocycles. The zero-order chi connectivity index (χ0) is 14.3. The molecule has 3 atom stereocenters. The lowest BCUT2D eigenvalue weighted by atomic mass is 9.65. The number of esters is 1. The van der Waals surface area contributed by atoms with Gasteiger partial charge < -0.3 is 9.47 Å². The maximum absolute atomic E-state index is 12.0. The quantitative estimate of drug-likeness (QED) is 0.250. The summed E-state index contributed by atoms with van der Waals surface area (Å²) in [4.78, 5) is 12.0. The Hall–Kier alpha value is -1.25. The summed E-state index contributed by atoms with van der Waals surface area (Å²) in [6, 6.07) is 0. The third-order valence-corrected chi connectivity index (χ3v) is 5.85.